The average Bonchev–Trinajstić information content (AvgIpc) is 2.38. The van der Waals surface area contributed by atoms with E-state index in [1.165, 1.54) is 12.5 Å². The molecule has 6 heteroatoms. The number of carbonyl (C=O) groups excluding carboxylic acids is 1. The van der Waals surface area contributed by atoms with Crippen LogP contribution in [-0.4, -0.2) is 39.9 Å². The minimum absolute atomic E-state index is 0.0669. The quantitative estimate of drug-likeness (QED) is 0.878. The fraction of sp³-hybridized carbons (Fsp3) is 0.583. The lowest BCUT2D eigenvalue weighted by molar-refractivity contribution is 0.0526. The molecule has 98 valence electrons. The van der Waals surface area contributed by atoms with E-state index in [2.05, 4.69) is 16.9 Å². The highest BCUT2D eigenvalue weighted by molar-refractivity contribution is 6.33. The van der Waals surface area contributed by atoms with Crippen LogP contribution in [0.3, 0.4) is 0 Å². The molecule has 1 aliphatic rings. The summed E-state index contributed by atoms with van der Waals surface area (Å²) in [6.07, 6.45) is 4.87. The predicted octanol–water partition coefficient (Wildman–Crippen LogP) is 1.33. The van der Waals surface area contributed by atoms with Crippen LogP contribution in [0.15, 0.2) is 12.5 Å². The molecule has 0 radical (unpaired) electrons. The maximum Gasteiger partial charge on any atom is 0.274 e. The van der Waals surface area contributed by atoms with Gasteiger partial charge < -0.3 is 10.6 Å². The molecule has 0 bridgehead atoms. The molecule has 0 aromatic carbocycles. The molecule has 0 spiro atoms. The van der Waals surface area contributed by atoms with Crippen LogP contribution in [0.1, 0.15) is 30.3 Å². The van der Waals surface area contributed by atoms with Gasteiger partial charge in [0.25, 0.3) is 5.91 Å². The lowest BCUT2D eigenvalue weighted by Gasteiger charge is -2.39. The smallest absolute Gasteiger partial charge is 0.274 e. The Kier molecular flexibility index (Phi) is 4.14. The van der Waals surface area contributed by atoms with Crippen molar-refractivity contribution < 1.29 is 4.79 Å². The summed E-state index contributed by atoms with van der Waals surface area (Å²) >= 11 is 5.96. The van der Waals surface area contributed by atoms with E-state index in [0.717, 1.165) is 12.8 Å². The van der Waals surface area contributed by atoms with Gasteiger partial charge in [0.15, 0.2) is 0 Å². The SMILES string of the molecule is C[C@H]1CCCN(C(=O)c2ncncc2Cl)[C@H]1CN. The van der Waals surface area contributed by atoms with E-state index in [4.69, 9.17) is 17.3 Å². The molecule has 1 aromatic rings. The van der Waals surface area contributed by atoms with Gasteiger partial charge in [-0.05, 0) is 18.8 Å². The van der Waals surface area contributed by atoms with Crippen LogP contribution >= 0.6 is 11.6 Å². The number of nitrogens with zero attached hydrogens (tertiary/aromatic N) is 3. The monoisotopic (exact) mass is 268 g/mol. The van der Waals surface area contributed by atoms with Gasteiger partial charge in [0, 0.05) is 25.3 Å². The third-order valence-electron chi connectivity index (χ3n) is 3.49. The number of halogens is 1. The zero-order valence-corrected chi connectivity index (χ0v) is 11.1. The zero-order chi connectivity index (χ0) is 13.1. The number of likely N-dealkylation sites (tertiary alicyclic amines) is 1. The number of nitrogens with two attached hydrogens (primary N) is 1. The molecule has 1 aliphatic heterocycles. The number of carbonyl (C=O) groups is 1. The van der Waals surface area contributed by atoms with Crippen molar-refractivity contribution >= 4 is 17.5 Å². The first-order valence-electron chi connectivity index (χ1n) is 6.11. The van der Waals surface area contributed by atoms with Crippen LogP contribution in [0.5, 0.6) is 0 Å². The third kappa shape index (κ3) is 2.47. The molecule has 1 fully saturated rings. The van der Waals surface area contributed by atoms with Crippen LogP contribution in [0.2, 0.25) is 5.02 Å². The molecular formula is C12H17ClN4O. The number of hydrogen-bond acceptors (Lipinski definition) is 4. The van der Waals surface area contributed by atoms with Crippen molar-refractivity contribution in [3.05, 3.63) is 23.2 Å². The minimum atomic E-state index is -0.149. The summed E-state index contributed by atoms with van der Waals surface area (Å²) < 4.78 is 0. The Morgan fingerprint density at radius 1 is 1.67 bits per heavy atom. The Bertz CT molecular complexity index is 440. The maximum atomic E-state index is 12.4. The van der Waals surface area contributed by atoms with Crippen molar-refractivity contribution in [2.24, 2.45) is 11.7 Å². The lowest BCUT2D eigenvalue weighted by atomic mass is 9.90. The largest absolute Gasteiger partial charge is 0.333 e. The number of hydrogen-bond donors (Lipinski definition) is 1. The van der Waals surface area contributed by atoms with E-state index in [0.29, 0.717) is 19.0 Å². The number of piperidine rings is 1. The van der Waals surface area contributed by atoms with Crippen molar-refractivity contribution in [2.45, 2.75) is 25.8 Å². The Morgan fingerprint density at radius 3 is 3.11 bits per heavy atom. The molecule has 5 nitrogen and oxygen atoms in total. The van der Waals surface area contributed by atoms with Crippen LogP contribution in [0.25, 0.3) is 0 Å². The Labute approximate surface area is 111 Å². The van der Waals surface area contributed by atoms with E-state index in [1.807, 2.05) is 0 Å². The van der Waals surface area contributed by atoms with Gasteiger partial charge in [0.1, 0.15) is 12.0 Å². The molecule has 1 amide bonds. The summed E-state index contributed by atoms with van der Waals surface area (Å²) in [7, 11) is 0. The minimum Gasteiger partial charge on any atom is -0.333 e. The van der Waals surface area contributed by atoms with Gasteiger partial charge in [0.2, 0.25) is 0 Å². The van der Waals surface area contributed by atoms with Crippen molar-refractivity contribution in [3.8, 4) is 0 Å². The van der Waals surface area contributed by atoms with Crippen molar-refractivity contribution in [1.82, 2.24) is 14.9 Å². The van der Waals surface area contributed by atoms with Gasteiger partial charge in [-0.2, -0.15) is 0 Å². The second-order valence-electron chi connectivity index (χ2n) is 4.64. The fourth-order valence-corrected chi connectivity index (χ4v) is 2.65. The topological polar surface area (TPSA) is 72.1 Å². The predicted molar refractivity (Wildman–Crippen MR) is 69.3 cm³/mol. The summed E-state index contributed by atoms with van der Waals surface area (Å²) in [5.74, 6) is 0.262. The van der Waals surface area contributed by atoms with Gasteiger partial charge in [-0.25, -0.2) is 9.97 Å². The fourth-order valence-electron chi connectivity index (χ4n) is 2.47. The molecule has 0 unspecified atom stereocenters. The van der Waals surface area contributed by atoms with Crippen molar-refractivity contribution in [2.75, 3.05) is 13.1 Å². The Morgan fingerprint density at radius 2 is 2.44 bits per heavy atom. The second kappa shape index (κ2) is 5.63. The van der Waals surface area contributed by atoms with E-state index in [-0.39, 0.29) is 22.7 Å². The standard InChI is InChI=1S/C12H17ClN4O/c1-8-3-2-4-17(10(8)5-14)12(18)11-9(13)6-15-7-16-11/h6-8,10H,2-5,14H2,1H3/t8-,10-/m0/s1. The summed E-state index contributed by atoms with van der Waals surface area (Å²) in [6, 6.07) is 0.0669. The number of aromatic nitrogens is 2. The molecule has 1 aromatic heterocycles. The highest BCUT2D eigenvalue weighted by atomic mass is 35.5. The zero-order valence-electron chi connectivity index (χ0n) is 10.3. The first-order valence-corrected chi connectivity index (χ1v) is 6.49. The van der Waals surface area contributed by atoms with Gasteiger partial charge >= 0.3 is 0 Å². The summed E-state index contributed by atoms with van der Waals surface area (Å²) in [5.41, 5.74) is 6.04. The second-order valence-corrected chi connectivity index (χ2v) is 5.05. The normalized spacial score (nSPS) is 24.1. The highest BCUT2D eigenvalue weighted by Gasteiger charge is 2.32. The van der Waals surface area contributed by atoms with Crippen LogP contribution in [0, 0.1) is 5.92 Å². The lowest BCUT2D eigenvalue weighted by Crippen LogP contribution is -2.51. The molecule has 0 saturated carbocycles. The summed E-state index contributed by atoms with van der Waals surface area (Å²) in [6.45, 7) is 3.31. The summed E-state index contributed by atoms with van der Waals surface area (Å²) in [5, 5.41) is 0.288. The van der Waals surface area contributed by atoms with E-state index >= 15 is 0 Å². The van der Waals surface area contributed by atoms with Crippen molar-refractivity contribution in [1.29, 1.82) is 0 Å². The van der Waals surface area contributed by atoms with Gasteiger partial charge in [-0.3, -0.25) is 4.79 Å². The van der Waals surface area contributed by atoms with Gasteiger partial charge in [0.05, 0.1) is 5.02 Å². The van der Waals surface area contributed by atoms with Crippen LogP contribution in [0.4, 0.5) is 0 Å². The van der Waals surface area contributed by atoms with Gasteiger partial charge in [-0.1, -0.05) is 18.5 Å². The third-order valence-corrected chi connectivity index (χ3v) is 3.76. The van der Waals surface area contributed by atoms with Gasteiger partial charge in [-0.15, -0.1) is 0 Å². The Hall–Kier alpha value is -1.20. The molecule has 2 atom stereocenters. The highest BCUT2D eigenvalue weighted by Crippen LogP contribution is 2.25. The maximum absolute atomic E-state index is 12.4. The Balaban J connectivity index is 2.25. The molecular weight excluding hydrogens is 252 g/mol. The molecule has 2 heterocycles. The molecule has 18 heavy (non-hydrogen) atoms. The first kappa shape index (κ1) is 13.2. The molecule has 2 N–H and O–H groups in total. The van der Waals surface area contributed by atoms with Crippen LogP contribution < -0.4 is 5.73 Å². The molecule has 2 rings (SSSR count). The first-order chi connectivity index (χ1) is 8.65. The van der Waals surface area contributed by atoms with E-state index in [1.54, 1.807) is 4.90 Å². The van der Waals surface area contributed by atoms with E-state index in [9.17, 15) is 4.79 Å². The molecule has 0 aliphatic carbocycles. The van der Waals surface area contributed by atoms with E-state index < -0.39 is 0 Å². The van der Waals surface area contributed by atoms with Crippen LogP contribution in [-0.2, 0) is 0 Å². The number of amides is 1. The average molecular weight is 269 g/mol. The summed E-state index contributed by atoms with van der Waals surface area (Å²) in [4.78, 5) is 22.0. The van der Waals surface area contributed by atoms with Crippen molar-refractivity contribution in [3.63, 3.8) is 0 Å². The number of rotatable bonds is 2. The molecule has 1 saturated heterocycles.